The fraction of sp³-hybridized carbons (Fsp3) is 0.435. The first-order valence-corrected chi connectivity index (χ1v) is 10.0. The van der Waals surface area contributed by atoms with Crippen LogP contribution in [0.2, 0.25) is 0 Å². The first kappa shape index (κ1) is 18.7. The molecule has 2 aliphatic rings. The van der Waals surface area contributed by atoms with Crippen molar-refractivity contribution in [2.45, 2.75) is 57.8 Å². The van der Waals surface area contributed by atoms with E-state index in [4.69, 9.17) is 0 Å². The van der Waals surface area contributed by atoms with Crippen LogP contribution in [0, 0.1) is 5.92 Å². The van der Waals surface area contributed by atoms with E-state index in [9.17, 15) is 14.7 Å². The van der Waals surface area contributed by atoms with E-state index >= 15 is 0 Å². The Morgan fingerprint density at radius 3 is 2.32 bits per heavy atom. The van der Waals surface area contributed by atoms with Gasteiger partial charge in [0.2, 0.25) is 5.91 Å². The third-order valence-electron chi connectivity index (χ3n) is 6.69. The molecule has 2 aromatic rings. The average Bonchev–Trinajstić information content (AvgIpc) is 3.36. The summed E-state index contributed by atoms with van der Waals surface area (Å²) in [4.78, 5) is 29.5. The van der Waals surface area contributed by atoms with Crippen molar-refractivity contribution in [2.75, 3.05) is 5.32 Å². The minimum atomic E-state index is -1.35. The molecule has 1 aromatic carbocycles. The molecule has 1 heterocycles. The number of nitrogens with one attached hydrogen (secondary N) is 1. The molecule has 1 amide bonds. The number of carboxylic acid groups (broad SMARTS) is 1. The van der Waals surface area contributed by atoms with E-state index in [0.29, 0.717) is 5.56 Å². The predicted molar refractivity (Wildman–Crippen MR) is 108 cm³/mol. The summed E-state index contributed by atoms with van der Waals surface area (Å²) in [6, 6.07) is 5.75. The van der Waals surface area contributed by atoms with E-state index in [0.717, 1.165) is 44.2 Å². The molecule has 1 aromatic heterocycles. The van der Waals surface area contributed by atoms with Crippen LogP contribution in [-0.4, -0.2) is 22.0 Å². The Balaban J connectivity index is 1.68. The maximum absolute atomic E-state index is 13.2. The summed E-state index contributed by atoms with van der Waals surface area (Å²) in [6.45, 7) is 3.30. The van der Waals surface area contributed by atoms with E-state index in [1.165, 1.54) is 28.5 Å². The summed E-state index contributed by atoms with van der Waals surface area (Å²) >= 11 is 0. The van der Waals surface area contributed by atoms with Crippen molar-refractivity contribution in [2.24, 2.45) is 5.92 Å². The second kappa shape index (κ2) is 7.04. The van der Waals surface area contributed by atoms with Gasteiger partial charge in [-0.05, 0) is 79.3 Å². The summed E-state index contributed by atoms with van der Waals surface area (Å²) in [5.41, 5.74) is 5.33. The Kier molecular flexibility index (Phi) is 4.69. The summed E-state index contributed by atoms with van der Waals surface area (Å²) < 4.78 is 0. The Morgan fingerprint density at radius 2 is 1.79 bits per heavy atom. The molecular weight excluding hydrogens is 352 g/mol. The summed E-state index contributed by atoms with van der Waals surface area (Å²) in [7, 11) is 0. The van der Waals surface area contributed by atoms with Crippen LogP contribution in [0.4, 0.5) is 5.69 Å². The van der Waals surface area contributed by atoms with Crippen molar-refractivity contribution in [3.63, 3.8) is 0 Å². The number of carbonyl (C=O) groups excluding carboxylic acids is 1. The molecule has 4 rings (SSSR count). The normalized spacial score (nSPS) is 18.1. The molecule has 0 spiro atoms. The van der Waals surface area contributed by atoms with Gasteiger partial charge < -0.3 is 10.4 Å². The number of aliphatic carboxylic acids is 1. The maximum Gasteiger partial charge on any atom is 0.314 e. The van der Waals surface area contributed by atoms with Gasteiger partial charge in [0.05, 0.1) is 5.92 Å². The highest BCUT2D eigenvalue weighted by Gasteiger charge is 2.45. The van der Waals surface area contributed by atoms with E-state index in [-0.39, 0.29) is 5.91 Å². The third-order valence-corrected chi connectivity index (χ3v) is 6.69. The molecule has 2 atom stereocenters. The number of carboxylic acids is 1. The predicted octanol–water partition coefficient (Wildman–Crippen LogP) is 3.68. The fourth-order valence-electron chi connectivity index (χ4n) is 4.69. The van der Waals surface area contributed by atoms with Crippen molar-refractivity contribution in [1.82, 2.24) is 4.98 Å². The lowest BCUT2D eigenvalue weighted by molar-refractivity contribution is -0.147. The fourth-order valence-corrected chi connectivity index (χ4v) is 4.69. The number of aryl methyl sites for hydroxylation is 2. The van der Waals surface area contributed by atoms with Gasteiger partial charge in [-0.3, -0.25) is 14.6 Å². The van der Waals surface area contributed by atoms with Gasteiger partial charge in [-0.15, -0.1) is 0 Å². The molecule has 0 aliphatic heterocycles. The molecule has 5 heteroatoms. The minimum Gasteiger partial charge on any atom is -0.481 e. The summed E-state index contributed by atoms with van der Waals surface area (Å²) in [5, 5.41) is 13.1. The van der Waals surface area contributed by atoms with Crippen LogP contribution in [0.25, 0.3) is 0 Å². The van der Waals surface area contributed by atoms with E-state index in [1.54, 1.807) is 32.2 Å². The van der Waals surface area contributed by atoms with E-state index in [1.807, 2.05) is 0 Å². The maximum atomic E-state index is 13.2. The number of amides is 1. The molecule has 2 aliphatic carbocycles. The lowest BCUT2D eigenvalue weighted by Crippen LogP contribution is -2.44. The number of nitrogens with zero attached hydrogens (tertiary/aromatic N) is 1. The molecular formula is C23H26N2O3. The summed E-state index contributed by atoms with van der Waals surface area (Å²) in [6.07, 6.45) is 9.44. The van der Waals surface area contributed by atoms with Crippen LogP contribution < -0.4 is 5.32 Å². The molecule has 5 nitrogen and oxygen atoms in total. The first-order chi connectivity index (χ1) is 13.4. The Hall–Kier alpha value is -2.69. The van der Waals surface area contributed by atoms with Gasteiger partial charge in [-0.25, -0.2) is 0 Å². The van der Waals surface area contributed by atoms with Crippen molar-refractivity contribution in [3.05, 3.63) is 58.4 Å². The molecule has 0 bridgehead atoms. The number of hydrogen-bond donors (Lipinski definition) is 2. The number of anilines is 1. The Labute approximate surface area is 165 Å². The van der Waals surface area contributed by atoms with Gasteiger partial charge in [-0.1, -0.05) is 19.1 Å². The molecule has 2 unspecified atom stereocenters. The topological polar surface area (TPSA) is 79.3 Å². The zero-order valence-electron chi connectivity index (χ0n) is 16.4. The zero-order chi connectivity index (χ0) is 19.9. The number of aromatic nitrogens is 1. The van der Waals surface area contributed by atoms with Gasteiger partial charge in [-0.2, -0.15) is 0 Å². The number of carbonyl (C=O) groups is 2. The summed E-state index contributed by atoms with van der Waals surface area (Å²) in [5.74, 6) is -2.02. The Bertz CT molecular complexity index is 906. The molecule has 146 valence electrons. The lowest BCUT2D eigenvalue weighted by atomic mass is 9.72. The van der Waals surface area contributed by atoms with Crippen molar-refractivity contribution in [3.8, 4) is 0 Å². The molecule has 0 fully saturated rings. The molecule has 0 saturated heterocycles. The number of pyridine rings is 1. The smallest absolute Gasteiger partial charge is 0.314 e. The van der Waals surface area contributed by atoms with Crippen LogP contribution in [0.1, 0.15) is 54.5 Å². The highest BCUT2D eigenvalue weighted by molar-refractivity contribution is 5.99. The van der Waals surface area contributed by atoms with Crippen LogP contribution >= 0.6 is 0 Å². The highest BCUT2D eigenvalue weighted by Crippen LogP contribution is 2.40. The monoisotopic (exact) mass is 378 g/mol. The SMILES string of the molecule is CC(C(=O)Nc1c2c(cc3c1CCC3)CCC2)C(C)(C(=O)O)c1cccnc1. The number of hydrogen-bond acceptors (Lipinski definition) is 3. The second-order valence-corrected chi connectivity index (χ2v) is 8.19. The largest absolute Gasteiger partial charge is 0.481 e. The van der Waals surface area contributed by atoms with Crippen LogP contribution in [0.5, 0.6) is 0 Å². The third kappa shape index (κ3) is 2.89. The van der Waals surface area contributed by atoms with Crippen LogP contribution in [0.15, 0.2) is 30.6 Å². The van der Waals surface area contributed by atoms with E-state index in [2.05, 4.69) is 16.4 Å². The highest BCUT2D eigenvalue weighted by atomic mass is 16.4. The van der Waals surface area contributed by atoms with Gasteiger partial charge in [0.25, 0.3) is 0 Å². The van der Waals surface area contributed by atoms with Gasteiger partial charge in [0.1, 0.15) is 5.41 Å². The van der Waals surface area contributed by atoms with Crippen molar-refractivity contribution >= 4 is 17.6 Å². The molecule has 0 saturated carbocycles. The van der Waals surface area contributed by atoms with Gasteiger partial charge in [0.15, 0.2) is 0 Å². The molecule has 2 N–H and O–H groups in total. The van der Waals surface area contributed by atoms with Crippen LogP contribution in [0.3, 0.4) is 0 Å². The van der Waals surface area contributed by atoms with Gasteiger partial charge in [0, 0.05) is 18.1 Å². The molecule has 28 heavy (non-hydrogen) atoms. The van der Waals surface area contributed by atoms with Crippen LogP contribution in [-0.2, 0) is 40.7 Å². The van der Waals surface area contributed by atoms with Gasteiger partial charge >= 0.3 is 5.97 Å². The van der Waals surface area contributed by atoms with E-state index < -0.39 is 17.3 Å². The van der Waals surface area contributed by atoms with Crippen molar-refractivity contribution < 1.29 is 14.7 Å². The number of benzene rings is 1. The first-order valence-electron chi connectivity index (χ1n) is 10.0. The minimum absolute atomic E-state index is 0.247. The second-order valence-electron chi connectivity index (χ2n) is 8.19. The Morgan fingerprint density at radius 1 is 1.14 bits per heavy atom. The lowest BCUT2D eigenvalue weighted by Gasteiger charge is -2.31. The van der Waals surface area contributed by atoms with Crippen molar-refractivity contribution in [1.29, 1.82) is 0 Å². The number of rotatable bonds is 5. The molecule has 0 radical (unpaired) electrons. The number of fused-ring (bicyclic) bond motifs is 2. The standard InChI is InChI=1S/C23H26N2O3/c1-14(23(2,22(27)28)17-8-5-11-24-13-17)21(26)25-20-18-9-3-6-15(18)12-16-7-4-10-19(16)20/h5,8,11-14H,3-4,6-7,9-10H2,1-2H3,(H,25,26)(H,27,28). The average molecular weight is 378 g/mol. The zero-order valence-corrected chi connectivity index (χ0v) is 16.4. The quantitative estimate of drug-likeness (QED) is 0.832.